The normalized spacial score (nSPS) is 10.0. The number of nitrogen functional groups attached to an aromatic ring is 1. The molecule has 0 radical (unpaired) electrons. The largest absolute Gasteiger partial charge is 0.504 e. The third-order valence-corrected chi connectivity index (χ3v) is 3.53. The molecule has 120 valence electrons. The van der Waals surface area contributed by atoms with Crippen molar-refractivity contribution in [1.29, 1.82) is 0 Å². The molecule has 0 saturated heterocycles. The lowest BCUT2D eigenvalue weighted by molar-refractivity contribution is 0.332. The highest BCUT2D eigenvalue weighted by atomic mass is 79.9. The van der Waals surface area contributed by atoms with Crippen molar-refractivity contribution in [1.82, 2.24) is 0 Å². The van der Waals surface area contributed by atoms with Crippen molar-refractivity contribution in [3.63, 3.8) is 0 Å². The summed E-state index contributed by atoms with van der Waals surface area (Å²) in [5.41, 5.74) is 4.54. The number of halogens is 5. The van der Waals surface area contributed by atoms with Gasteiger partial charge in [-0.2, -0.15) is 4.39 Å². The summed E-state index contributed by atoms with van der Waals surface area (Å²) < 4.78 is 37.5. The Labute approximate surface area is 138 Å². The highest BCUT2D eigenvalue weighted by Crippen LogP contribution is 2.47. The summed E-state index contributed by atoms with van der Waals surface area (Å²) in [6.07, 6.45) is 0. The van der Waals surface area contributed by atoms with E-state index in [1.54, 1.807) is 0 Å². The average Bonchev–Trinajstić information content (AvgIpc) is 2.47. The first kappa shape index (κ1) is 18.2. The van der Waals surface area contributed by atoms with Gasteiger partial charge in [-0.25, -0.2) is 8.78 Å². The van der Waals surface area contributed by atoms with Gasteiger partial charge < -0.3 is 26.2 Å². The van der Waals surface area contributed by atoms with Crippen molar-refractivity contribution in [3.8, 4) is 23.0 Å². The van der Waals surface area contributed by atoms with Gasteiger partial charge in [0.05, 0.1) is 0 Å². The molecular weight excluding hydrogens is 439 g/mol. The maximum absolute atomic E-state index is 12.6. The van der Waals surface area contributed by atoms with Crippen LogP contribution in [-0.2, 0) is 0 Å². The fourth-order valence-electron chi connectivity index (χ4n) is 1.19. The monoisotopic (exact) mass is 445 g/mol. The van der Waals surface area contributed by atoms with Gasteiger partial charge in [0, 0.05) is 4.47 Å². The van der Waals surface area contributed by atoms with Gasteiger partial charge in [-0.05, 0) is 28.1 Å². The second-order valence-electron chi connectivity index (χ2n) is 3.81. The van der Waals surface area contributed by atoms with Gasteiger partial charge in [0.2, 0.25) is 17.3 Å². The van der Waals surface area contributed by atoms with Gasteiger partial charge in [-0.1, -0.05) is 15.9 Å². The lowest BCUT2D eigenvalue weighted by atomic mass is 10.2. The van der Waals surface area contributed by atoms with Gasteiger partial charge in [-0.15, -0.1) is 0 Å². The molecule has 0 aliphatic rings. The molecule has 0 aliphatic carbocycles. The van der Waals surface area contributed by atoms with E-state index in [-0.39, 0.29) is 0 Å². The summed E-state index contributed by atoms with van der Waals surface area (Å²) in [5, 5.41) is 35.3. The molecule has 0 atom stereocenters. The van der Waals surface area contributed by atoms with Crippen LogP contribution in [0.5, 0.6) is 23.0 Å². The van der Waals surface area contributed by atoms with E-state index in [2.05, 4.69) is 31.9 Å². The molecule has 0 aromatic heterocycles. The summed E-state index contributed by atoms with van der Waals surface area (Å²) in [7, 11) is 0. The molecule has 0 bridgehead atoms. The standard InChI is InChI=1S/C6H4BrF2N.C6H4BrFO4/c7-3-1-4(8)6(10)5(9)2-3;7-1-3(9)2(8)5(11)6(12)4(1)10/h1-2H,10H2;9-12H. The number of hydrogen-bond donors (Lipinski definition) is 5. The lowest BCUT2D eigenvalue weighted by Gasteiger charge is -2.05. The molecule has 10 heteroatoms. The third-order valence-electron chi connectivity index (χ3n) is 2.32. The second kappa shape index (κ2) is 6.97. The van der Waals surface area contributed by atoms with E-state index < -0.39 is 50.6 Å². The first-order valence-electron chi connectivity index (χ1n) is 5.28. The maximum Gasteiger partial charge on any atom is 0.211 e. The predicted octanol–water partition coefficient (Wildman–Crippen LogP) is 3.72. The van der Waals surface area contributed by atoms with Crippen LogP contribution in [0.2, 0.25) is 0 Å². The smallest absolute Gasteiger partial charge is 0.211 e. The Hall–Kier alpha value is -1.81. The van der Waals surface area contributed by atoms with Crippen molar-refractivity contribution >= 4 is 37.5 Å². The summed E-state index contributed by atoms with van der Waals surface area (Å²) in [6.45, 7) is 0. The van der Waals surface area contributed by atoms with Crippen molar-refractivity contribution in [2.75, 3.05) is 5.73 Å². The summed E-state index contributed by atoms with van der Waals surface area (Å²) in [5.74, 6) is -6.85. The van der Waals surface area contributed by atoms with Crippen molar-refractivity contribution in [3.05, 3.63) is 38.5 Å². The quantitative estimate of drug-likeness (QED) is 0.241. The van der Waals surface area contributed by atoms with Gasteiger partial charge in [-0.3, -0.25) is 0 Å². The average molecular weight is 447 g/mol. The van der Waals surface area contributed by atoms with Gasteiger partial charge in [0.15, 0.2) is 11.5 Å². The van der Waals surface area contributed by atoms with E-state index in [9.17, 15) is 13.2 Å². The SMILES string of the molecule is Nc1c(F)cc(Br)cc1F.Oc1c(O)c(F)c(O)c(Br)c1O. The molecule has 0 spiro atoms. The number of rotatable bonds is 0. The van der Waals surface area contributed by atoms with Crippen molar-refractivity contribution in [2.24, 2.45) is 0 Å². The first-order chi connectivity index (χ1) is 10.1. The molecule has 5 nitrogen and oxygen atoms in total. The Balaban J connectivity index is 0.000000224. The van der Waals surface area contributed by atoms with Crippen molar-refractivity contribution in [2.45, 2.75) is 0 Å². The van der Waals surface area contributed by atoms with Crippen LogP contribution in [0.15, 0.2) is 21.1 Å². The number of phenolic OH excluding ortho intramolecular Hbond substituents is 4. The molecule has 0 amide bonds. The highest BCUT2D eigenvalue weighted by Gasteiger charge is 2.21. The van der Waals surface area contributed by atoms with Crippen LogP contribution in [-0.4, -0.2) is 20.4 Å². The van der Waals surface area contributed by atoms with Crippen molar-refractivity contribution < 1.29 is 33.6 Å². The number of aromatic hydroxyl groups is 4. The highest BCUT2D eigenvalue weighted by molar-refractivity contribution is 9.11. The van der Waals surface area contributed by atoms with Crippen LogP contribution in [0.3, 0.4) is 0 Å². The first-order valence-corrected chi connectivity index (χ1v) is 6.87. The number of benzene rings is 2. The zero-order valence-corrected chi connectivity index (χ0v) is 13.6. The van der Waals surface area contributed by atoms with Gasteiger partial charge >= 0.3 is 0 Å². The molecule has 0 heterocycles. The Kier molecular flexibility index (Phi) is 5.78. The molecule has 0 fully saturated rings. The topological polar surface area (TPSA) is 107 Å². The minimum Gasteiger partial charge on any atom is -0.504 e. The Morgan fingerprint density at radius 1 is 0.773 bits per heavy atom. The van der Waals surface area contributed by atoms with Crippen LogP contribution in [0, 0.1) is 17.5 Å². The molecule has 2 aromatic rings. The number of nitrogens with two attached hydrogens (primary N) is 1. The molecule has 6 N–H and O–H groups in total. The zero-order chi connectivity index (χ0) is 17.2. The molecular formula is C12H8Br2F3NO4. The second-order valence-corrected chi connectivity index (χ2v) is 5.51. The van der Waals surface area contributed by atoms with E-state index >= 15 is 0 Å². The van der Waals surface area contributed by atoms with Crippen LogP contribution in [0.1, 0.15) is 0 Å². The number of hydrogen-bond acceptors (Lipinski definition) is 5. The molecule has 22 heavy (non-hydrogen) atoms. The lowest BCUT2D eigenvalue weighted by Crippen LogP contribution is -1.94. The summed E-state index contributed by atoms with van der Waals surface area (Å²) >= 11 is 5.52. The minimum absolute atomic E-state index is 0.344. The molecule has 2 aromatic carbocycles. The van der Waals surface area contributed by atoms with E-state index in [4.69, 9.17) is 26.2 Å². The van der Waals surface area contributed by atoms with Crippen LogP contribution in [0.4, 0.5) is 18.9 Å². The summed E-state index contributed by atoms with van der Waals surface area (Å²) in [6, 6.07) is 2.22. The van der Waals surface area contributed by atoms with E-state index in [1.165, 1.54) is 0 Å². The predicted molar refractivity (Wildman–Crippen MR) is 79.2 cm³/mol. The third kappa shape index (κ3) is 3.69. The fourth-order valence-corrected chi connectivity index (χ4v) is 1.96. The molecule has 0 saturated carbocycles. The Morgan fingerprint density at radius 3 is 1.68 bits per heavy atom. The molecule has 0 unspecified atom stereocenters. The zero-order valence-electron chi connectivity index (χ0n) is 10.4. The number of anilines is 1. The Morgan fingerprint density at radius 2 is 1.23 bits per heavy atom. The van der Waals surface area contributed by atoms with Crippen LogP contribution < -0.4 is 5.73 Å². The summed E-state index contributed by atoms with van der Waals surface area (Å²) in [4.78, 5) is 0. The fraction of sp³-hybridized carbons (Fsp3) is 0. The molecule has 0 aliphatic heterocycles. The van der Waals surface area contributed by atoms with E-state index in [0.717, 1.165) is 12.1 Å². The van der Waals surface area contributed by atoms with Gasteiger partial charge in [0.1, 0.15) is 21.8 Å². The number of phenols is 4. The van der Waals surface area contributed by atoms with Gasteiger partial charge in [0.25, 0.3) is 0 Å². The maximum atomic E-state index is 12.6. The molecule has 2 rings (SSSR count). The van der Waals surface area contributed by atoms with Crippen LogP contribution in [0.25, 0.3) is 0 Å². The minimum atomic E-state index is -1.39. The van der Waals surface area contributed by atoms with E-state index in [1.807, 2.05) is 0 Å². The van der Waals surface area contributed by atoms with Crippen LogP contribution >= 0.6 is 31.9 Å². The van der Waals surface area contributed by atoms with E-state index in [0.29, 0.717) is 4.47 Å². The Bertz CT molecular complexity index is 600.